The Bertz CT molecular complexity index is 603. The fourth-order valence-electron chi connectivity index (χ4n) is 5.40. The number of ketones is 4. The lowest BCUT2D eigenvalue weighted by atomic mass is 9.70. The molecule has 23 heavy (non-hydrogen) atoms. The average molecular weight is 318 g/mol. The summed E-state index contributed by atoms with van der Waals surface area (Å²) >= 11 is 0. The lowest BCUT2D eigenvalue weighted by molar-refractivity contribution is -0.141. The molecule has 0 aromatic heterocycles. The predicted octanol–water partition coefficient (Wildman–Crippen LogP) is 2.77. The highest BCUT2D eigenvalue weighted by Crippen LogP contribution is 2.62. The minimum atomic E-state index is -0.352. The molecule has 4 nitrogen and oxygen atoms in total. The Kier molecular flexibility index (Phi) is 3.31. The van der Waals surface area contributed by atoms with Gasteiger partial charge in [-0.05, 0) is 36.5 Å². The van der Waals surface area contributed by atoms with Crippen molar-refractivity contribution in [3.05, 3.63) is 0 Å². The number of hydrogen-bond acceptors (Lipinski definition) is 4. The molecule has 0 aromatic rings. The Morgan fingerprint density at radius 2 is 1.17 bits per heavy atom. The molecule has 0 heterocycles. The second-order valence-electron chi connectivity index (χ2n) is 9.07. The van der Waals surface area contributed by atoms with Gasteiger partial charge in [-0.15, -0.1) is 0 Å². The largest absolute Gasteiger partial charge is 0.291 e. The van der Waals surface area contributed by atoms with Gasteiger partial charge in [-0.2, -0.15) is 0 Å². The van der Waals surface area contributed by atoms with Crippen molar-refractivity contribution in [1.82, 2.24) is 0 Å². The molecule has 0 aromatic carbocycles. The van der Waals surface area contributed by atoms with Crippen LogP contribution in [0.25, 0.3) is 0 Å². The molecule has 4 unspecified atom stereocenters. The van der Waals surface area contributed by atoms with E-state index in [1.54, 1.807) is 0 Å². The van der Waals surface area contributed by atoms with E-state index in [1.807, 2.05) is 34.6 Å². The number of carbonyl (C=O) groups excluding carboxylic acids is 4. The van der Waals surface area contributed by atoms with Crippen LogP contribution < -0.4 is 0 Å². The van der Waals surface area contributed by atoms with Crippen molar-refractivity contribution in [1.29, 1.82) is 0 Å². The third-order valence-corrected chi connectivity index (χ3v) is 7.68. The van der Waals surface area contributed by atoms with Crippen LogP contribution >= 0.6 is 0 Å². The Labute approximate surface area is 137 Å². The van der Waals surface area contributed by atoms with Crippen molar-refractivity contribution >= 4 is 23.1 Å². The zero-order valence-electron chi connectivity index (χ0n) is 14.7. The molecule has 4 fully saturated rings. The van der Waals surface area contributed by atoms with E-state index >= 15 is 0 Å². The van der Waals surface area contributed by atoms with Gasteiger partial charge in [0.15, 0.2) is 0 Å². The Morgan fingerprint density at radius 1 is 0.696 bits per heavy atom. The van der Waals surface area contributed by atoms with Crippen LogP contribution in [0.1, 0.15) is 60.3 Å². The summed E-state index contributed by atoms with van der Waals surface area (Å²) in [6.45, 7) is 10.1. The summed E-state index contributed by atoms with van der Waals surface area (Å²) in [6.07, 6.45) is 3.67. The van der Waals surface area contributed by atoms with E-state index in [-0.39, 0.29) is 57.1 Å². The molecule has 4 rings (SSSR count). The van der Waals surface area contributed by atoms with Crippen LogP contribution in [0, 0.1) is 34.0 Å². The average Bonchev–Trinajstić information content (AvgIpc) is 2.98. The fraction of sp³-hybridized carbons (Fsp3) is 0.789. The van der Waals surface area contributed by atoms with Gasteiger partial charge >= 0.3 is 0 Å². The molecule has 0 amide bonds. The zero-order chi connectivity index (χ0) is 17.4. The third-order valence-electron chi connectivity index (χ3n) is 7.68. The first-order chi connectivity index (χ1) is 10.5. The first-order valence-corrected chi connectivity index (χ1v) is 8.63. The quantitative estimate of drug-likeness (QED) is 0.644. The molecular weight excluding hydrogens is 292 g/mol. The van der Waals surface area contributed by atoms with Crippen LogP contribution in [0.2, 0.25) is 0 Å². The number of hydrogen-bond donors (Lipinski definition) is 0. The van der Waals surface area contributed by atoms with Gasteiger partial charge in [0.2, 0.25) is 23.1 Å². The number of rotatable bonds is 0. The smallest absolute Gasteiger partial charge is 0.205 e. The maximum atomic E-state index is 11.6. The van der Waals surface area contributed by atoms with Gasteiger partial charge in [0.1, 0.15) is 0 Å². The van der Waals surface area contributed by atoms with Gasteiger partial charge in [-0.1, -0.05) is 34.6 Å². The van der Waals surface area contributed by atoms with E-state index < -0.39 is 0 Å². The zero-order valence-corrected chi connectivity index (χ0v) is 14.7. The summed E-state index contributed by atoms with van der Waals surface area (Å²) in [7, 11) is 0. The molecule has 0 aliphatic heterocycles. The SMILES string of the molecule is CC1(C)C2CCC1C(=O)C2=O.CC12CCC(C(=O)C1=O)C2(C)C. The number of carbonyl (C=O) groups is 4. The monoisotopic (exact) mass is 318 g/mol. The highest BCUT2D eigenvalue weighted by molar-refractivity contribution is 6.43. The third kappa shape index (κ3) is 1.84. The molecule has 4 aliphatic carbocycles. The van der Waals surface area contributed by atoms with E-state index in [4.69, 9.17) is 0 Å². The molecule has 0 N–H and O–H groups in total. The molecule has 4 aliphatic rings. The maximum absolute atomic E-state index is 11.6. The van der Waals surface area contributed by atoms with Gasteiger partial charge in [-0.25, -0.2) is 0 Å². The van der Waals surface area contributed by atoms with Gasteiger partial charge in [0.05, 0.1) is 0 Å². The second kappa shape index (κ2) is 4.61. The second-order valence-corrected chi connectivity index (χ2v) is 9.07. The van der Waals surface area contributed by atoms with Crippen molar-refractivity contribution in [3.8, 4) is 0 Å². The van der Waals surface area contributed by atoms with E-state index in [9.17, 15) is 19.2 Å². The van der Waals surface area contributed by atoms with Crippen LogP contribution in [0.4, 0.5) is 0 Å². The van der Waals surface area contributed by atoms with Crippen LogP contribution in [0.15, 0.2) is 0 Å². The van der Waals surface area contributed by atoms with Gasteiger partial charge < -0.3 is 0 Å². The molecular formula is C19H26O4. The Balaban J connectivity index is 0.000000136. The van der Waals surface area contributed by atoms with E-state index in [2.05, 4.69) is 0 Å². The van der Waals surface area contributed by atoms with Crippen molar-refractivity contribution in [2.75, 3.05) is 0 Å². The van der Waals surface area contributed by atoms with Crippen molar-refractivity contribution in [2.45, 2.75) is 60.3 Å². The number of fused-ring (bicyclic) bond motifs is 4. The Hall–Kier alpha value is -1.32. The minimum absolute atomic E-state index is 0.00926. The fourth-order valence-corrected chi connectivity index (χ4v) is 5.40. The lowest BCUT2D eigenvalue weighted by Gasteiger charge is -2.31. The van der Waals surface area contributed by atoms with Crippen LogP contribution in [0.5, 0.6) is 0 Å². The van der Waals surface area contributed by atoms with Gasteiger partial charge in [0.25, 0.3) is 0 Å². The van der Waals surface area contributed by atoms with Crippen molar-refractivity contribution < 1.29 is 19.2 Å². The summed E-state index contributed by atoms with van der Waals surface area (Å²) in [5.74, 6) is -0.356. The summed E-state index contributed by atoms with van der Waals surface area (Å²) in [4.78, 5) is 45.5. The molecule has 0 spiro atoms. The van der Waals surface area contributed by atoms with E-state index in [0.717, 1.165) is 25.7 Å². The maximum Gasteiger partial charge on any atom is 0.205 e. The molecule has 126 valence electrons. The van der Waals surface area contributed by atoms with Gasteiger partial charge in [0, 0.05) is 23.2 Å². The summed E-state index contributed by atoms with van der Waals surface area (Å²) in [6, 6.07) is 0. The molecule has 4 saturated carbocycles. The van der Waals surface area contributed by atoms with Gasteiger partial charge in [-0.3, -0.25) is 19.2 Å². The lowest BCUT2D eigenvalue weighted by Crippen LogP contribution is -2.33. The van der Waals surface area contributed by atoms with Crippen molar-refractivity contribution in [3.63, 3.8) is 0 Å². The molecule has 0 saturated heterocycles. The highest BCUT2D eigenvalue weighted by Gasteiger charge is 2.66. The van der Waals surface area contributed by atoms with Crippen LogP contribution in [-0.2, 0) is 19.2 Å². The highest BCUT2D eigenvalue weighted by atomic mass is 16.2. The molecule has 4 atom stereocenters. The van der Waals surface area contributed by atoms with Crippen LogP contribution in [0.3, 0.4) is 0 Å². The predicted molar refractivity (Wildman–Crippen MR) is 84.6 cm³/mol. The topological polar surface area (TPSA) is 68.3 Å². The Morgan fingerprint density at radius 3 is 1.39 bits per heavy atom. The first kappa shape index (κ1) is 16.5. The van der Waals surface area contributed by atoms with E-state index in [1.165, 1.54) is 0 Å². The summed E-state index contributed by atoms with van der Waals surface area (Å²) in [5, 5.41) is 0. The molecule has 4 heteroatoms. The van der Waals surface area contributed by atoms with Crippen LogP contribution in [-0.4, -0.2) is 23.1 Å². The summed E-state index contributed by atoms with van der Waals surface area (Å²) < 4.78 is 0. The standard InChI is InChI=1S/C10H14O2.C9H12O2/c1-9(2)6-4-5-10(9,3)8(12)7(6)11;1-9(2)5-3-4-6(9)8(11)7(5)10/h6H,4-5H2,1-3H3;5-6H,3-4H2,1-2H3. The normalized spacial score (nSPS) is 42.2. The van der Waals surface area contributed by atoms with E-state index in [0.29, 0.717) is 0 Å². The number of Topliss-reactive ketones (excluding diaryl/α,β-unsaturated/α-hetero) is 4. The summed E-state index contributed by atoms with van der Waals surface area (Å²) in [5.41, 5.74) is -0.482. The van der Waals surface area contributed by atoms with Crippen molar-refractivity contribution in [2.24, 2.45) is 34.0 Å². The molecule has 4 bridgehead atoms. The molecule has 0 radical (unpaired) electrons. The first-order valence-electron chi connectivity index (χ1n) is 8.63. The minimum Gasteiger partial charge on any atom is -0.291 e.